The molecule has 116 valence electrons. The molecule has 2 rings (SSSR count). The summed E-state index contributed by atoms with van der Waals surface area (Å²) in [5.41, 5.74) is 0.410. The van der Waals surface area contributed by atoms with E-state index >= 15 is 0 Å². The number of carbonyl (C=O) groups is 1. The van der Waals surface area contributed by atoms with Crippen molar-refractivity contribution in [3.05, 3.63) is 27.2 Å². The molecule has 1 unspecified atom stereocenters. The van der Waals surface area contributed by atoms with Crippen LogP contribution >= 0.6 is 34.8 Å². The summed E-state index contributed by atoms with van der Waals surface area (Å²) in [5.74, 6) is -0.130. The van der Waals surface area contributed by atoms with Crippen molar-refractivity contribution in [3.63, 3.8) is 0 Å². The molecule has 0 aromatic heterocycles. The first-order valence-electron chi connectivity index (χ1n) is 6.90. The van der Waals surface area contributed by atoms with Crippen LogP contribution in [-0.2, 0) is 4.79 Å². The van der Waals surface area contributed by atoms with Gasteiger partial charge in [0.2, 0.25) is 5.91 Å². The Balaban J connectivity index is 2.01. The van der Waals surface area contributed by atoms with Crippen LogP contribution in [0.5, 0.6) is 0 Å². The van der Waals surface area contributed by atoms with Crippen molar-refractivity contribution in [2.24, 2.45) is 0 Å². The maximum Gasteiger partial charge on any atom is 0.238 e. The van der Waals surface area contributed by atoms with Crippen molar-refractivity contribution in [3.8, 4) is 0 Å². The van der Waals surface area contributed by atoms with Crippen molar-refractivity contribution in [2.75, 3.05) is 31.5 Å². The summed E-state index contributed by atoms with van der Waals surface area (Å²) in [7, 11) is 0. The molecular weight excluding hydrogens is 333 g/mol. The van der Waals surface area contributed by atoms with E-state index in [-0.39, 0.29) is 5.91 Å². The molecule has 0 aliphatic carbocycles. The van der Waals surface area contributed by atoms with Gasteiger partial charge in [0.25, 0.3) is 0 Å². The zero-order chi connectivity index (χ0) is 15.4. The molecule has 0 spiro atoms. The van der Waals surface area contributed by atoms with Crippen LogP contribution in [0.1, 0.15) is 13.3 Å². The molecule has 1 aliphatic rings. The highest BCUT2D eigenvalue weighted by Crippen LogP contribution is 2.33. The Morgan fingerprint density at radius 3 is 2.57 bits per heavy atom. The van der Waals surface area contributed by atoms with Crippen LogP contribution in [0.3, 0.4) is 0 Å². The van der Waals surface area contributed by atoms with Crippen molar-refractivity contribution < 1.29 is 4.79 Å². The van der Waals surface area contributed by atoms with E-state index in [0.717, 1.165) is 26.1 Å². The summed E-state index contributed by atoms with van der Waals surface area (Å²) in [6.07, 6.45) is 1.06. The molecule has 4 nitrogen and oxygen atoms in total. The van der Waals surface area contributed by atoms with Gasteiger partial charge in [-0.15, -0.1) is 0 Å². The minimum atomic E-state index is -0.130. The fourth-order valence-corrected chi connectivity index (χ4v) is 3.39. The molecule has 1 fully saturated rings. The van der Waals surface area contributed by atoms with Crippen molar-refractivity contribution in [1.82, 2.24) is 10.2 Å². The Kier molecular flexibility index (Phi) is 6.14. The molecule has 1 saturated heterocycles. The van der Waals surface area contributed by atoms with Gasteiger partial charge in [0.15, 0.2) is 0 Å². The highest BCUT2D eigenvalue weighted by Gasteiger charge is 2.23. The molecule has 7 heteroatoms. The topological polar surface area (TPSA) is 44.4 Å². The number of amides is 1. The highest BCUT2D eigenvalue weighted by atomic mass is 35.5. The smallest absolute Gasteiger partial charge is 0.238 e. The number of hydrogen-bond acceptors (Lipinski definition) is 3. The number of hydrogen-bond donors (Lipinski definition) is 2. The highest BCUT2D eigenvalue weighted by molar-refractivity contribution is 6.42. The average molecular weight is 351 g/mol. The number of nitrogens with zero attached hydrogens (tertiary/aromatic N) is 1. The van der Waals surface area contributed by atoms with Crippen LogP contribution in [0.15, 0.2) is 12.1 Å². The molecule has 1 aromatic carbocycles. The molecule has 0 saturated carbocycles. The zero-order valence-corrected chi connectivity index (χ0v) is 14.0. The quantitative estimate of drug-likeness (QED) is 0.856. The fourth-order valence-electron chi connectivity index (χ4n) is 2.48. The first kappa shape index (κ1) is 16.8. The van der Waals surface area contributed by atoms with E-state index in [4.69, 9.17) is 34.8 Å². The number of benzene rings is 1. The number of halogens is 3. The third-order valence-corrected chi connectivity index (χ3v) is 4.39. The van der Waals surface area contributed by atoms with Crippen LogP contribution in [0.25, 0.3) is 0 Å². The maximum absolute atomic E-state index is 12.2. The number of rotatable bonds is 5. The van der Waals surface area contributed by atoms with Gasteiger partial charge in [0, 0.05) is 17.6 Å². The number of likely N-dealkylation sites (N-methyl/N-ethyl adjacent to an activating group) is 1. The second-order valence-corrected chi connectivity index (χ2v) is 6.25. The fraction of sp³-hybridized carbons (Fsp3) is 0.500. The van der Waals surface area contributed by atoms with E-state index in [1.54, 1.807) is 12.1 Å². The maximum atomic E-state index is 12.2. The van der Waals surface area contributed by atoms with E-state index in [2.05, 4.69) is 15.5 Å². The lowest BCUT2D eigenvalue weighted by molar-refractivity contribution is -0.117. The third kappa shape index (κ3) is 4.47. The van der Waals surface area contributed by atoms with Gasteiger partial charge in [-0.2, -0.15) is 0 Å². The van der Waals surface area contributed by atoms with Gasteiger partial charge in [0.05, 0.1) is 22.3 Å². The number of anilines is 1. The Labute approximate surface area is 139 Å². The van der Waals surface area contributed by atoms with E-state index in [1.165, 1.54) is 0 Å². The monoisotopic (exact) mass is 349 g/mol. The van der Waals surface area contributed by atoms with E-state index in [9.17, 15) is 4.79 Å². The van der Waals surface area contributed by atoms with Crippen LogP contribution in [0.4, 0.5) is 5.69 Å². The lowest BCUT2D eigenvalue weighted by Crippen LogP contribution is -2.41. The number of nitrogens with one attached hydrogen (secondary N) is 2. The van der Waals surface area contributed by atoms with E-state index in [0.29, 0.717) is 33.3 Å². The van der Waals surface area contributed by atoms with Crippen LogP contribution in [0, 0.1) is 0 Å². The predicted molar refractivity (Wildman–Crippen MR) is 88.6 cm³/mol. The molecule has 1 aromatic rings. The van der Waals surface area contributed by atoms with Gasteiger partial charge in [0.1, 0.15) is 0 Å². The standard InChI is InChI=1S/C14H18Cl3N3O/c1-2-20(10-3-4-18-7-10)8-13(21)19-14-11(16)5-9(15)6-12(14)17/h5-6,10,18H,2-4,7-8H2,1H3,(H,19,21). The lowest BCUT2D eigenvalue weighted by Gasteiger charge is -2.26. The first-order chi connectivity index (χ1) is 10.0. The van der Waals surface area contributed by atoms with Gasteiger partial charge in [-0.1, -0.05) is 41.7 Å². The molecule has 2 N–H and O–H groups in total. The molecule has 1 aliphatic heterocycles. The summed E-state index contributed by atoms with van der Waals surface area (Å²) >= 11 is 18.0. The Morgan fingerprint density at radius 1 is 1.38 bits per heavy atom. The molecule has 0 bridgehead atoms. The molecule has 1 heterocycles. The summed E-state index contributed by atoms with van der Waals surface area (Å²) < 4.78 is 0. The second kappa shape index (κ2) is 7.65. The molecular formula is C14H18Cl3N3O. The molecule has 0 radical (unpaired) electrons. The summed E-state index contributed by atoms with van der Waals surface area (Å²) in [5, 5.41) is 7.19. The van der Waals surface area contributed by atoms with Gasteiger partial charge in [-0.3, -0.25) is 9.69 Å². The van der Waals surface area contributed by atoms with Crippen molar-refractivity contribution >= 4 is 46.4 Å². The minimum Gasteiger partial charge on any atom is -0.322 e. The SMILES string of the molecule is CCN(CC(=O)Nc1c(Cl)cc(Cl)cc1Cl)C1CCNC1. The Bertz CT molecular complexity index is 495. The Hall–Kier alpha value is -0.520. The van der Waals surface area contributed by atoms with Gasteiger partial charge >= 0.3 is 0 Å². The lowest BCUT2D eigenvalue weighted by atomic mass is 10.2. The van der Waals surface area contributed by atoms with Crippen LogP contribution < -0.4 is 10.6 Å². The van der Waals surface area contributed by atoms with Gasteiger partial charge in [-0.05, 0) is 31.6 Å². The average Bonchev–Trinajstić information content (AvgIpc) is 2.94. The normalized spacial score (nSPS) is 18.2. The van der Waals surface area contributed by atoms with E-state index < -0.39 is 0 Å². The Morgan fingerprint density at radius 2 is 2.05 bits per heavy atom. The minimum absolute atomic E-state index is 0.130. The summed E-state index contributed by atoms with van der Waals surface area (Å²) in [6.45, 7) is 5.11. The van der Waals surface area contributed by atoms with E-state index in [1.807, 2.05) is 6.92 Å². The molecule has 21 heavy (non-hydrogen) atoms. The molecule has 1 atom stereocenters. The van der Waals surface area contributed by atoms with Gasteiger partial charge < -0.3 is 10.6 Å². The van der Waals surface area contributed by atoms with Crippen LogP contribution in [0.2, 0.25) is 15.1 Å². The van der Waals surface area contributed by atoms with Gasteiger partial charge in [-0.25, -0.2) is 0 Å². The van der Waals surface area contributed by atoms with Crippen molar-refractivity contribution in [2.45, 2.75) is 19.4 Å². The first-order valence-corrected chi connectivity index (χ1v) is 8.03. The molecule has 1 amide bonds. The second-order valence-electron chi connectivity index (χ2n) is 5.00. The summed E-state index contributed by atoms with van der Waals surface area (Å²) in [6, 6.07) is 3.52. The predicted octanol–water partition coefficient (Wildman–Crippen LogP) is 3.27. The summed E-state index contributed by atoms with van der Waals surface area (Å²) in [4.78, 5) is 14.4. The largest absolute Gasteiger partial charge is 0.322 e. The zero-order valence-electron chi connectivity index (χ0n) is 11.8. The number of carbonyl (C=O) groups excluding carboxylic acids is 1. The van der Waals surface area contributed by atoms with Crippen molar-refractivity contribution in [1.29, 1.82) is 0 Å². The van der Waals surface area contributed by atoms with Crippen LogP contribution in [-0.4, -0.2) is 43.0 Å². The third-order valence-electron chi connectivity index (χ3n) is 3.57.